The third kappa shape index (κ3) is 3.86. The number of nitrogens with zero attached hydrogens (tertiary/aromatic N) is 1. The third-order valence-corrected chi connectivity index (χ3v) is 9.35. The lowest BCUT2D eigenvalue weighted by atomic mass is 9.55. The van der Waals surface area contributed by atoms with E-state index in [1.165, 1.54) is 43.2 Å². The summed E-state index contributed by atoms with van der Waals surface area (Å²) in [5.41, 5.74) is 3.26. The minimum absolute atomic E-state index is 0.196. The highest BCUT2D eigenvalue weighted by Crippen LogP contribution is 2.61. The normalized spacial score (nSPS) is 34.5. The van der Waals surface area contributed by atoms with E-state index >= 15 is 0 Å². The van der Waals surface area contributed by atoms with Gasteiger partial charge in [0.1, 0.15) is 5.75 Å². The number of likely N-dealkylation sites (tertiary alicyclic amines) is 1. The van der Waals surface area contributed by atoms with Gasteiger partial charge in [0.25, 0.3) is 0 Å². The van der Waals surface area contributed by atoms with Crippen LogP contribution in [0.1, 0.15) is 75.8 Å². The maximum atomic E-state index is 12.7. The Balaban J connectivity index is 1.25. The monoisotopic (exact) mass is 440 g/mol. The van der Waals surface area contributed by atoms with Crippen LogP contribution in [0.3, 0.4) is 0 Å². The predicted molar refractivity (Wildman–Crippen MR) is 126 cm³/mol. The van der Waals surface area contributed by atoms with Crippen LogP contribution in [0.15, 0.2) is 18.2 Å². The molecule has 4 aliphatic rings. The molecule has 2 saturated carbocycles. The number of nitrogens with one attached hydrogen (secondary N) is 1. The van der Waals surface area contributed by atoms with Crippen molar-refractivity contribution >= 4 is 6.09 Å². The van der Waals surface area contributed by atoms with Crippen LogP contribution < -0.4 is 10.1 Å². The van der Waals surface area contributed by atoms with Crippen molar-refractivity contribution in [2.45, 2.75) is 83.3 Å². The molecule has 5 atom stereocenters. The molecule has 1 amide bonds. The highest BCUT2D eigenvalue weighted by atomic mass is 16.6. The zero-order valence-corrected chi connectivity index (χ0v) is 20.1. The molecule has 3 aliphatic carbocycles. The summed E-state index contributed by atoms with van der Waals surface area (Å²) in [6, 6.07) is 6.97. The Labute approximate surface area is 193 Å². The van der Waals surface area contributed by atoms with Crippen molar-refractivity contribution in [3.63, 3.8) is 0 Å². The first kappa shape index (κ1) is 22.2. The van der Waals surface area contributed by atoms with Gasteiger partial charge in [-0.1, -0.05) is 19.9 Å². The Kier molecular flexibility index (Phi) is 6.23. The molecule has 5 unspecified atom stereocenters. The van der Waals surface area contributed by atoms with E-state index in [2.05, 4.69) is 31.3 Å². The van der Waals surface area contributed by atoms with Gasteiger partial charge >= 0.3 is 6.09 Å². The number of piperidine rings is 1. The maximum Gasteiger partial charge on any atom is 0.415 e. The van der Waals surface area contributed by atoms with E-state index in [1.54, 1.807) is 0 Å². The number of hydrogen-bond donors (Lipinski definition) is 1. The zero-order chi connectivity index (χ0) is 22.3. The average molecular weight is 441 g/mol. The number of benzene rings is 1. The Hall–Kier alpha value is -1.59. The fourth-order valence-electron chi connectivity index (χ4n) is 7.68. The van der Waals surface area contributed by atoms with Gasteiger partial charge in [-0.05, 0) is 104 Å². The number of carbonyl (C=O) groups is 1. The summed E-state index contributed by atoms with van der Waals surface area (Å²) < 4.78 is 11.7. The van der Waals surface area contributed by atoms with E-state index in [4.69, 9.17) is 9.47 Å². The van der Waals surface area contributed by atoms with E-state index in [1.807, 2.05) is 18.1 Å². The molecular weight excluding hydrogens is 400 g/mol. The van der Waals surface area contributed by atoms with Gasteiger partial charge in [0.2, 0.25) is 0 Å². The molecule has 0 spiro atoms. The van der Waals surface area contributed by atoms with Crippen LogP contribution in [-0.4, -0.2) is 49.9 Å². The summed E-state index contributed by atoms with van der Waals surface area (Å²) in [5, 5.41) is 3.49. The van der Waals surface area contributed by atoms with Crippen molar-refractivity contribution in [1.29, 1.82) is 0 Å². The van der Waals surface area contributed by atoms with E-state index in [0.29, 0.717) is 29.2 Å². The van der Waals surface area contributed by atoms with Crippen molar-refractivity contribution in [3.8, 4) is 5.75 Å². The lowest BCUT2D eigenvalue weighted by Crippen LogP contribution is -2.45. The Morgan fingerprint density at radius 2 is 1.97 bits per heavy atom. The van der Waals surface area contributed by atoms with Crippen LogP contribution in [-0.2, 0) is 11.2 Å². The van der Waals surface area contributed by atoms with E-state index in [9.17, 15) is 4.79 Å². The van der Waals surface area contributed by atoms with Gasteiger partial charge in [0.15, 0.2) is 0 Å². The van der Waals surface area contributed by atoms with Gasteiger partial charge in [-0.25, -0.2) is 4.79 Å². The standard InChI is InChI=1S/C27H40N2O3/c1-4-28-19-12-15-29(16-13-19)26(30)32-20-6-8-21-18(17-20)5-7-23-22(21)11-14-27(2)24(23)9-10-25(27)31-3/h6,8,17,19,22-25,28H,4-5,7,9-16H2,1-3H3. The minimum atomic E-state index is -0.196. The second kappa shape index (κ2) is 8.98. The van der Waals surface area contributed by atoms with Crippen LogP contribution in [0, 0.1) is 17.3 Å². The largest absolute Gasteiger partial charge is 0.415 e. The summed E-state index contributed by atoms with van der Waals surface area (Å²) >= 11 is 0. The smallest absolute Gasteiger partial charge is 0.410 e. The average Bonchev–Trinajstić information content (AvgIpc) is 3.15. The maximum absolute atomic E-state index is 12.7. The summed E-state index contributed by atoms with van der Waals surface area (Å²) in [4.78, 5) is 14.6. The summed E-state index contributed by atoms with van der Waals surface area (Å²) in [6.45, 7) is 7.14. The van der Waals surface area contributed by atoms with Crippen LogP contribution in [0.4, 0.5) is 4.79 Å². The molecule has 5 nitrogen and oxygen atoms in total. The summed E-state index contributed by atoms with van der Waals surface area (Å²) in [6.07, 6.45) is 9.63. The Morgan fingerprint density at radius 1 is 1.16 bits per heavy atom. The van der Waals surface area contributed by atoms with E-state index in [-0.39, 0.29) is 6.09 Å². The molecule has 1 aromatic rings. The van der Waals surface area contributed by atoms with Crippen molar-refractivity contribution in [2.75, 3.05) is 26.7 Å². The molecule has 1 heterocycles. The molecule has 1 aromatic carbocycles. The van der Waals surface area contributed by atoms with Crippen molar-refractivity contribution in [1.82, 2.24) is 10.2 Å². The number of fused-ring (bicyclic) bond motifs is 5. The van der Waals surface area contributed by atoms with Gasteiger partial charge in [0.05, 0.1) is 6.10 Å². The highest BCUT2D eigenvalue weighted by molar-refractivity contribution is 5.71. The van der Waals surface area contributed by atoms with Gasteiger partial charge < -0.3 is 19.7 Å². The molecule has 1 saturated heterocycles. The molecule has 5 rings (SSSR count). The molecule has 1 N–H and O–H groups in total. The quantitative estimate of drug-likeness (QED) is 0.705. The number of rotatable bonds is 4. The number of ether oxygens (including phenoxy) is 2. The number of methoxy groups -OCH3 is 1. The lowest BCUT2D eigenvalue weighted by Gasteiger charge is -2.50. The van der Waals surface area contributed by atoms with Crippen molar-refractivity contribution in [2.24, 2.45) is 17.3 Å². The molecular formula is C27H40N2O3. The van der Waals surface area contributed by atoms with Gasteiger partial charge in [-0.3, -0.25) is 0 Å². The Bertz CT molecular complexity index is 834. The first-order valence-corrected chi connectivity index (χ1v) is 12.9. The molecule has 1 aliphatic heterocycles. The summed E-state index contributed by atoms with van der Waals surface area (Å²) in [5.74, 6) is 2.92. The zero-order valence-electron chi connectivity index (χ0n) is 20.1. The molecule has 32 heavy (non-hydrogen) atoms. The van der Waals surface area contributed by atoms with Crippen LogP contribution in [0.25, 0.3) is 0 Å². The van der Waals surface area contributed by atoms with Crippen molar-refractivity contribution in [3.05, 3.63) is 29.3 Å². The first-order chi connectivity index (χ1) is 15.5. The number of carbonyl (C=O) groups excluding carboxylic acids is 1. The van der Waals surface area contributed by atoms with Crippen LogP contribution in [0.2, 0.25) is 0 Å². The summed E-state index contributed by atoms with van der Waals surface area (Å²) in [7, 11) is 1.90. The lowest BCUT2D eigenvalue weighted by molar-refractivity contribution is -0.0444. The van der Waals surface area contributed by atoms with Gasteiger partial charge in [-0.2, -0.15) is 0 Å². The molecule has 0 radical (unpaired) electrons. The van der Waals surface area contributed by atoms with E-state index in [0.717, 1.165) is 50.7 Å². The molecule has 0 bridgehead atoms. The second-order valence-corrected chi connectivity index (χ2v) is 10.8. The van der Waals surface area contributed by atoms with Crippen LogP contribution >= 0.6 is 0 Å². The highest BCUT2D eigenvalue weighted by Gasteiger charge is 2.55. The number of hydrogen-bond acceptors (Lipinski definition) is 4. The molecule has 176 valence electrons. The minimum Gasteiger partial charge on any atom is -0.410 e. The first-order valence-electron chi connectivity index (χ1n) is 12.9. The third-order valence-electron chi connectivity index (χ3n) is 9.35. The topological polar surface area (TPSA) is 50.8 Å². The fraction of sp³-hybridized carbons (Fsp3) is 0.741. The van der Waals surface area contributed by atoms with Gasteiger partial charge in [0, 0.05) is 26.2 Å². The molecule has 3 fully saturated rings. The SMILES string of the molecule is CCNC1CCN(C(=O)Oc2ccc3c(c2)CCC2C3CCC3(C)C(OC)CCC23)CC1. The number of aryl methyl sites for hydroxylation is 1. The Morgan fingerprint density at radius 3 is 2.72 bits per heavy atom. The van der Waals surface area contributed by atoms with Crippen LogP contribution in [0.5, 0.6) is 5.75 Å². The molecule has 0 aromatic heterocycles. The second-order valence-electron chi connectivity index (χ2n) is 10.8. The van der Waals surface area contributed by atoms with Gasteiger partial charge in [-0.15, -0.1) is 0 Å². The fourth-order valence-corrected chi connectivity index (χ4v) is 7.68. The molecule has 5 heteroatoms. The van der Waals surface area contributed by atoms with Crippen molar-refractivity contribution < 1.29 is 14.3 Å². The predicted octanol–water partition coefficient (Wildman–Crippen LogP) is 5.13. The van der Waals surface area contributed by atoms with E-state index < -0.39 is 0 Å². The number of amides is 1.